The van der Waals surface area contributed by atoms with Crippen LogP contribution in [0.15, 0.2) is 42.5 Å². The molecule has 0 radical (unpaired) electrons. The molecular formula is C27H28O16. The van der Waals surface area contributed by atoms with Gasteiger partial charge < -0.3 is 59.8 Å². The molecule has 16 nitrogen and oxygen atoms in total. The molecule has 0 spiro atoms. The van der Waals surface area contributed by atoms with Crippen LogP contribution >= 0.6 is 0 Å². The van der Waals surface area contributed by atoms with Crippen molar-refractivity contribution in [2.24, 2.45) is 0 Å². The maximum Gasteiger partial charge on any atom is 0.345 e. The molecular weight excluding hydrogens is 580 g/mol. The van der Waals surface area contributed by atoms with Crippen LogP contribution in [0.1, 0.15) is 17.5 Å². The Morgan fingerprint density at radius 2 is 1.58 bits per heavy atom. The molecule has 0 aromatic heterocycles. The number of phenols is 3. The summed E-state index contributed by atoms with van der Waals surface area (Å²) in [6.45, 7) is -0.695. The minimum absolute atomic E-state index is 0.213. The zero-order chi connectivity index (χ0) is 31.8. The number of hydrogen-bond donors (Lipinski definition) is 8. The Bertz CT molecular complexity index is 1370. The highest BCUT2D eigenvalue weighted by atomic mass is 16.7. The van der Waals surface area contributed by atoms with Crippen LogP contribution in [-0.4, -0.2) is 108 Å². The number of phenolic OH excluding ortho intramolecular Hbond substituents is 3. The number of carbonyl (C=O) groups excluding carboxylic acids is 2. The second kappa shape index (κ2) is 14.3. The van der Waals surface area contributed by atoms with E-state index in [1.807, 2.05) is 0 Å². The number of hydrogen-bond acceptors (Lipinski definition) is 14. The van der Waals surface area contributed by atoms with E-state index in [4.69, 9.17) is 24.1 Å². The van der Waals surface area contributed by atoms with Gasteiger partial charge in [0, 0.05) is 12.5 Å². The summed E-state index contributed by atoms with van der Waals surface area (Å²) < 4.78 is 20.5. The van der Waals surface area contributed by atoms with Crippen molar-refractivity contribution in [2.45, 2.75) is 49.7 Å². The van der Waals surface area contributed by atoms with E-state index in [2.05, 4.69) is 0 Å². The third-order valence-corrected chi connectivity index (χ3v) is 6.01. The first-order chi connectivity index (χ1) is 20.2. The molecule has 1 heterocycles. The van der Waals surface area contributed by atoms with E-state index in [-0.39, 0.29) is 23.3 Å². The molecule has 2 aromatic carbocycles. The number of rotatable bonds is 12. The van der Waals surface area contributed by atoms with Crippen LogP contribution in [0.25, 0.3) is 6.08 Å². The summed E-state index contributed by atoms with van der Waals surface area (Å²) >= 11 is 0. The van der Waals surface area contributed by atoms with Gasteiger partial charge in [0.25, 0.3) is 0 Å². The predicted molar refractivity (Wildman–Crippen MR) is 139 cm³/mol. The van der Waals surface area contributed by atoms with Crippen molar-refractivity contribution in [3.05, 3.63) is 53.6 Å². The molecule has 1 saturated heterocycles. The van der Waals surface area contributed by atoms with Crippen molar-refractivity contribution in [1.82, 2.24) is 0 Å². The van der Waals surface area contributed by atoms with Crippen LogP contribution in [0.5, 0.6) is 23.0 Å². The largest absolute Gasteiger partial charge is 0.504 e. The van der Waals surface area contributed by atoms with Crippen molar-refractivity contribution < 1.29 is 79.0 Å². The molecule has 1 aliphatic rings. The summed E-state index contributed by atoms with van der Waals surface area (Å²) in [4.78, 5) is 46.0. The monoisotopic (exact) mass is 608 g/mol. The van der Waals surface area contributed by atoms with Crippen molar-refractivity contribution in [2.75, 3.05) is 6.61 Å². The summed E-state index contributed by atoms with van der Waals surface area (Å²) in [5.41, 5.74) is 0.482. The molecule has 0 saturated carbocycles. The summed E-state index contributed by atoms with van der Waals surface area (Å²) in [5.74, 6) is -6.82. The van der Waals surface area contributed by atoms with E-state index in [0.29, 0.717) is 0 Å². The van der Waals surface area contributed by atoms with Gasteiger partial charge in [0.15, 0.2) is 23.0 Å². The number of carbonyl (C=O) groups is 4. The van der Waals surface area contributed by atoms with E-state index in [0.717, 1.165) is 24.3 Å². The molecule has 0 amide bonds. The van der Waals surface area contributed by atoms with Crippen LogP contribution in [0.4, 0.5) is 0 Å². The van der Waals surface area contributed by atoms with Crippen molar-refractivity contribution in [3.8, 4) is 23.0 Å². The summed E-state index contributed by atoms with van der Waals surface area (Å²) in [7, 11) is 0. The van der Waals surface area contributed by atoms with Gasteiger partial charge in [-0.25, -0.2) is 9.59 Å². The highest BCUT2D eigenvalue weighted by Crippen LogP contribution is 2.32. The number of ether oxygens (including phenoxy) is 4. The average Bonchev–Trinajstić information content (AvgIpc) is 2.94. The molecule has 1 fully saturated rings. The van der Waals surface area contributed by atoms with E-state index in [1.54, 1.807) is 0 Å². The average molecular weight is 609 g/mol. The molecule has 1 aliphatic heterocycles. The van der Waals surface area contributed by atoms with E-state index in [1.165, 1.54) is 24.3 Å². The molecule has 232 valence electrons. The first kappa shape index (κ1) is 32.6. The number of aromatic hydroxyl groups is 3. The summed E-state index contributed by atoms with van der Waals surface area (Å²) in [5, 5.41) is 77.9. The zero-order valence-electron chi connectivity index (χ0n) is 22.0. The topological polar surface area (TPSA) is 267 Å². The molecule has 6 atom stereocenters. The normalized spacial score (nSPS) is 22.4. The van der Waals surface area contributed by atoms with Gasteiger partial charge >= 0.3 is 23.9 Å². The van der Waals surface area contributed by atoms with Gasteiger partial charge in [0.1, 0.15) is 37.4 Å². The second-order valence-corrected chi connectivity index (χ2v) is 9.24. The highest BCUT2D eigenvalue weighted by molar-refractivity contribution is 5.90. The van der Waals surface area contributed by atoms with Crippen LogP contribution in [0.3, 0.4) is 0 Å². The standard InChI is InChI=1S/C27H28O16/c28-14-4-2-13(7-16(14)30)9-18(26(38)39)41-21(33)6-3-12-1-5-15(29)17(8-12)42-27-25(37)24(36)23(35)19(43-27)11-40-22(34)10-20(31)32/h1-8,18-19,23-25,27-30,35-37H,9-11H2,(H,31,32)(H,38,39)/b6-3+/t18-,19-,23-,24+,25-,27-/m1/s1. The number of aliphatic carboxylic acids is 2. The maximum atomic E-state index is 12.3. The van der Waals surface area contributed by atoms with Gasteiger partial charge in [-0.1, -0.05) is 12.1 Å². The van der Waals surface area contributed by atoms with Crippen LogP contribution in [-0.2, 0) is 39.8 Å². The zero-order valence-corrected chi connectivity index (χ0v) is 22.0. The Labute approximate surface area is 242 Å². The number of aliphatic hydroxyl groups excluding tert-OH is 3. The molecule has 0 bridgehead atoms. The molecule has 0 unspecified atom stereocenters. The van der Waals surface area contributed by atoms with Crippen LogP contribution in [0, 0.1) is 0 Å². The first-order valence-corrected chi connectivity index (χ1v) is 12.4. The molecule has 43 heavy (non-hydrogen) atoms. The Hall–Kier alpha value is -4.90. The number of benzene rings is 2. The number of carboxylic acid groups (broad SMARTS) is 2. The van der Waals surface area contributed by atoms with Gasteiger partial charge in [0.05, 0.1) is 0 Å². The lowest BCUT2D eigenvalue weighted by molar-refractivity contribution is -0.278. The maximum absolute atomic E-state index is 12.3. The molecule has 2 aromatic rings. The minimum atomic E-state index is -1.85. The van der Waals surface area contributed by atoms with Gasteiger partial charge in [-0.3, -0.25) is 9.59 Å². The van der Waals surface area contributed by atoms with Gasteiger partial charge in [-0.15, -0.1) is 0 Å². The second-order valence-electron chi connectivity index (χ2n) is 9.24. The van der Waals surface area contributed by atoms with Crippen molar-refractivity contribution >= 4 is 30.0 Å². The summed E-state index contributed by atoms with van der Waals surface area (Å²) in [6, 6.07) is 7.27. The summed E-state index contributed by atoms with van der Waals surface area (Å²) in [6.07, 6.45) is -9.47. The third-order valence-electron chi connectivity index (χ3n) is 6.01. The SMILES string of the molecule is O=C(O)CC(=O)OC[C@H]1O[C@@H](Oc2cc(/C=C/C(=O)O[C@H](Cc3ccc(O)c(O)c3)C(=O)O)ccc2O)[C@H](O)[C@@H](O)[C@@H]1O. The fraction of sp³-hybridized carbons (Fsp3) is 0.333. The van der Waals surface area contributed by atoms with E-state index >= 15 is 0 Å². The van der Waals surface area contributed by atoms with Gasteiger partial charge in [-0.2, -0.15) is 0 Å². The highest BCUT2D eigenvalue weighted by Gasteiger charge is 2.45. The number of esters is 2. The predicted octanol–water partition coefficient (Wildman–Crippen LogP) is -0.740. The lowest BCUT2D eigenvalue weighted by Gasteiger charge is -2.39. The Balaban J connectivity index is 1.66. The van der Waals surface area contributed by atoms with Gasteiger partial charge in [0.2, 0.25) is 12.4 Å². The lowest BCUT2D eigenvalue weighted by atomic mass is 9.99. The third kappa shape index (κ3) is 9.04. The fourth-order valence-corrected chi connectivity index (χ4v) is 3.79. The lowest BCUT2D eigenvalue weighted by Crippen LogP contribution is -2.60. The smallest absolute Gasteiger partial charge is 0.345 e. The van der Waals surface area contributed by atoms with Crippen molar-refractivity contribution in [1.29, 1.82) is 0 Å². The quantitative estimate of drug-likeness (QED) is 0.0638. The Morgan fingerprint density at radius 1 is 0.884 bits per heavy atom. The number of aliphatic hydroxyl groups is 3. The fourth-order valence-electron chi connectivity index (χ4n) is 3.79. The Morgan fingerprint density at radius 3 is 2.23 bits per heavy atom. The minimum Gasteiger partial charge on any atom is -0.504 e. The van der Waals surface area contributed by atoms with Crippen molar-refractivity contribution in [3.63, 3.8) is 0 Å². The van der Waals surface area contributed by atoms with Gasteiger partial charge in [-0.05, 0) is 41.5 Å². The van der Waals surface area contributed by atoms with Crippen LogP contribution in [0.2, 0.25) is 0 Å². The molecule has 0 aliphatic carbocycles. The first-order valence-electron chi connectivity index (χ1n) is 12.4. The number of carboxylic acids is 2. The molecule has 3 rings (SSSR count). The molecule has 8 N–H and O–H groups in total. The van der Waals surface area contributed by atoms with Crippen LogP contribution < -0.4 is 4.74 Å². The Kier molecular flexibility index (Phi) is 10.9. The van der Waals surface area contributed by atoms with E-state index in [9.17, 15) is 54.9 Å². The van der Waals surface area contributed by atoms with E-state index < -0.39 is 91.0 Å². The molecule has 16 heteroatoms.